The van der Waals surface area contributed by atoms with Gasteiger partial charge in [0.1, 0.15) is 12.7 Å². The van der Waals surface area contributed by atoms with Gasteiger partial charge in [-0.25, -0.2) is 9.55 Å². The minimum Gasteiger partial charge on any atom is -0.389 e. The maximum atomic E-state index is 10.9. The summed E-state index contributed by atoms with van der Waals surface area (Å²) in [5, 5.41) is 20.7. The van der Waals surface area contributed by atoms with Crippen LogP contribution in [0.1, 0.15) is 26.6 Å². The number of hydrogen-bond acceptors (Lipinski definition) is 5. The van der Waals surface area contributed by atoms with Crippen LogP contribution in [0.2, 0.25) is 0 Å². The number of aryl methyl sites for hydroxylation is 1. The molecule has 108 valence electrons. The molecule has 1 rings (SSSR count). The summed E-state index contributed by atoms with van der Waals surface area (Å²) in [7, 11) is 0. The van der Waals surface area contributed by atoms with E-state index in [1.165, 1.54) is 6.20 Å². The largest absolute Gasteiger partial charge is 0.389 e. The molecule has 1 aromatic heterocycles. The number of aliphatic hydroxyl groups is 1. The van der Waals surface area contributed by atoms with E-state index in [0.29, 0.717) is 25.5 Å². The number of likely N-dealkylation sites (N-methyl/N-ethyl adjacent to an activating group) is 1. The zero-order valence-corrected chi connectivity index (χ0v) is 12.0. The van der Waals surface area contributed by atoms with Crippen LogP contribution in [0.5, 0.6) is 0 Å². The molecule has 0 aliphatic heterocycles. The van der Waals surface area contributed by atoms with Gasteiger partial charge in [-0.05, 0) is 25.3 Å². The molecule has 0 unspecified atom stereocenters. The van der Waals surface area contributed by atoms with E-state index in [1.807, 2.05) is 6.92 Å². The fourth-order valence-electron chi connectivity index (χ4n) is 2.02. The van der Waals surface area contributed by atoms with Gasteiger partial charge >= 0.3 is 5.82 Å². The molecule has 0 aromatic carbocycles. The standard InChI is InChI=1S/C12H22N4O3/c1-5-14(9-12(3,4)17)6-7-15-10(2)13-8-11(15)16(18)19/h8,17H,5-7,9H2,1-4H3. The summed E-state index contributed by atoms with van der Waals surface area (Å²) in [5.74, 6) is 0.642. The quantitative estimate of drug-likeness (QED) is 0.594. The summed E-state index contributed by atoms with van der Waals surface area (Å²) in [6, 6.07) is 0. The molecular formula is C12H22N4O3. The summed E-state index contributed by atoms with van der Waals surface area (Å²) >= 11 is 0. The van der Waals surface area contributed by atoms with Crippen LogP contribution in [-0.4, -0.2) is 49.7 Å². The molecule has 0 saturated carbocycles. The molecule has 0 bridgehead atoms. The molecular weight excluding hydrogens is 248 g/mol. The van der Waals surface area contributed by atoms with Gasteiger partial charge < -0.3 is 15.2 Å². The van der Waals surface area contributed by atoms with E-state index in [4.69, 9.17) is 0 Å². The molecule has 0 aliphatic rings. The Balaban J connectivity index is 2.70. The van der Waals surface area contributed by atoms with E-state index in [0.717, 1.165) is 6.54 Å². The van der Waals surface area contributed by atoms with E-state index in [-0.39, 0.29) is 5.82 Å². The van der Waals surface area contributed by atoms with Crippen LogP contribution in [0.25, 0.3) is 0 Å². The molecule has 0 fully saturated rings. The summed E-state index contributed by atoms with van der Waals surface area (Å²) in [6.07, 6.45) is 1.28. The minimum atomic E-state index is -0.772. The fourth-order valence-corrected chi connectivity index (χ4v) is 2.02. The van der Waals surface area contributed by atoms with Gasteiger partial charge in [-0.1, -0.05) is 6.92 Å². The van der Waals surface area contributed by atoms with Gasteiger partial charge in [0, 0.05) is 20.0 Å². The Morgan fingerprint density at radius 3 is 2.68 bits per heavy atom. The van der Waals surface area contributed by atoms with Crippen molar-refractivity contribution in [2.75, 3.05) is 19.6 Å². The molecule has 19 heavy (non-hydrogen) atoms. The first-order chi connectivity index (χ1) is 8.74. The van der Waals surface area contributed by atoms with Gasteiger partial charge in [0.25, 0.3) is 0 Å². The number of nitro groups is 1. The van der Waals surface area contributed by atoms with Gasteiger partial charge in [0.15, 0.2) is 5.82 Å². The third kappa shape index (κ3) is 4.60. The molecule has 0 spiro atoms. The monoisotopic (exact) mass is 270 g/mol. The molecule has 0 radical (unpaired) electrons. The predicted molar refractivity (Wildman–Crippen MR) is 72.0 cm³/mol. The summed E-state index contributed by atoms with van der Waals surface area (Å²) in [6.45, 7) is 9.70. The van der Waals surface area contributed by atoms with Crippen molar-refractivity contribution < 1.29 is 10.0 Å². The third-order valence-corrected chi connectivity index (χ3v) is 2.92. The third-order valence-electron chi connectivity index (χ3n) is 2.92. The number of hydrogen-bond donors (Lipinski definition) is 1. The first-order valence-electron chi connectivity index (χ1n) is 6.36. The Hall–Kier alpha value is -1.47. The van der Waals surface area contributed by atoms with E-state index in [1.54, 1.807) is 25.3 Å². The van der Waals surface area contributed by atoms with Gasteiger partial charge in [-0.2, -0.15) is 0 Å². The van der Waals surface area contributed by atoms with Gasteiger partial charge in [-0.15, -0.1) is 0 Å². The minimum absolute atomic E-state index is 0.0109. The second-order valence-electron chi connectivity index (χ2n) is 5.25. The van der Waals surface area contributed by atoms with E-state index >= 15 is 0 Å². The Labute approximate surface area is 113 Å². The molecule has 0 amide bonds. The SMILES string of the molecule is CCN(CCn1c([N+](=O)[O-])cnc1C)CC(C)(C)O. The van der Waals surface area contributed by atoms with Crippen LogP contribution in [0.4, 0.5) is 5.82 Å². The first-order valence-corrected chi connectivity index (χ1v) is 6.36. The summed E-state index contributed by atoms with van der Waals surface area (Å²) < 4.78 is 1.59. The van der Waals surface area contributed by atoms with E-state index in [2.05, 4.69) is 9.88 Å². The Morgan fingerprint density at radius 1 is 1.58 bits per heavy atom. The number of nitrogens with zero attached hydrogens (tertiary/aromatic N) is 4. The molecule has 0 aliphatic carbocycles. The maximum Gasteiger partial charge on any atom is 0.342 e. The van der Waals surface area contributed by atoms with Gasteiger partial charge in [0.05, 0.1) is 5.60 Å². The highest BCUT2D eigenvalue weighted by atomic mass is 16.6. The highest BCUT2D eigenvalue weighted by Gasteiger charge is 2.20. The van der Waals surface area contributed by atoms with E-state index in [9.17, 15) is 15.2 Å². The Kier molecular flexibility index (Phi) is 5.02. The zero-order valence-electron chi connectivity index (χ0n) is 12.0. The lowest BCUT2D eigenvalue weighted by molar-refractivity contribution is -0.392. The van der Waals surface area contributed by atoms with Gasteiger partial charge in [-0.3, -0.25) is 4.90 Å². The number of rotatable bonds is 7. The fraction of sp³-hybridized carbons (Fsp3) is 0.750. The molecule has 7 heteroatoms. The smallest absolute Gasteiger partial charge is 0.342 e. The molecule has 0 saturated heterocycles. The second kappa shape index (κ2) is 6.12. The van der Waals surface area contributed by atoms with Crippen molar-refractivity contribution in [2.24, 2.45) is 0 Å². The number of aromatic nitrogens is 2. The maximum absolute atomic E-state index is 10.9. The van der Waals surface area contributed by atoms with Crippen molar-refractivity contribution in [3.63, 3.8) is 0 Å². The van der Waals surface area contributed by atoms with Crippen LogP contribution >= 0.6 is 0 Å². The van der Waals surface area contributed by atoms with Crippen molar-refractivity contribution in [1.29, 1.82) is 0 Å². The lowest BCUT2D eigenvalue weighted by atomic mass is 10.1. The van der Waals surface area contributed by atoms with Crippen LogP contribution < -0.4 is 0 Å². The zero-order chi connectivity index (χ0) is 14.6. The highest BCUT2D eigenvalue weighted by Crippen LogP contribution is 2.14. The van der Waals surface area contributed by atoms with Crippen molar-refractivity contribution in [1.82, 2.24) is 14.5 Å². The Morgan fingerprint density at radius 2 is 2.21 bits per heavy atom. The van der Waals surface area contributed by atoms with Crippen LogP contribution in [-0.2, 0) is 6.54 Å². The average molecular weight is 270 g/mol. The molecule has 7 nitrogen and oxygen atoms in total. The first kappa shape index (κ1) is 15.6. The van der Waals surface area contributed by atoms with Crippen molar-refractivity contribution in [3.8, 4) is 0 Å². The van der Waals surface area contributed by atoms with Crippen LogP contribution in [0, 0.1) is 17.0 Å². The lowest BCUT2D eigenvalue weighted by Gasteiger charge is -2.27. The topological polar surface area (TPSA) is 84.4 Å². The normalized spacial score (nSPS) is 12.1. The highest BCUT2D eigenvalue weighted by molar-refractivity contribution is 5.18. The van der Waals surface area contributed by atoms with E-state index < -0.39 is 10.5 Å². The Bertz CT molecular complexity index is 437. The number of imidazole rings is 1. The summed E-state index contributed by atoms with van der Waals surface area (Å²) in [5.41, 5.74) is -0.772. The van der Waals surface area contributed by atoms with Crippen molar-refractivity contribution in [2.45, 2.75) is 39.8 Å². The molecule has 1 N–H and O–H groups in total. The van der Waals surface area contributed by atoms with Crippen LogP contribution in [0.15, 0.2) is 6.20 Å². The molecule has 0 atom stereocenters. The van der Waals surface area contributed by atoms with Crippen LogP contribution in [0.3, 0.4) is 0 Å². The molecule has 1 aromatic rings. The second-order valence-corrected chi connectivity index (χ2v) is 5.25. The average Bonchev–Trinajstić information content (AvgIpc) is 2.64. The van der Waals surface area contributed by atoms with Gasteiger partial charge in [0.2, 0.25) is 0 Å². The van der Waals surface area contributed by atoms with Crippen molar-refractivity contribution >= 4 is 5.82 Å². The lowest BCUT2D eigenvalue weighted by Crippen LogP contribution is -2.40. The molecule has 1 heterocycles. The summed E-state index contributed by atoms with van der Waals surface area (Å²) in [4.78, 5) is 16.5. The predicted octanol–water partition coefficient (Wildman–Crippen LogP) is 1.19. The van der Waals surface area contributed by atoms with Crippen molar-refractivity contribution in [3.05, 3.63) is 22.1 Å².